The van der Waals surface area contributed by atoms with Crippen molar-refractivity contribution in [2.75, 3.05) is 13.1 Å². The minimum atomic E-state index is -0.0781. The zero-order valence-corrected chi connectivity index (χ0v) is 13.6. The van der Waals surface area contributed by atoms with E-state index in [-0.39, 0.29) is 11.9 Å². The zero-order valence-electron chi connectivity index (χ0n) is 12.7. The van der Waals surface area contributed by atoms with Crippen LogP contribution in [0.2, 0.25) is 0 Å². The lowest BCUT2D eigenvalue weighted by atomic mass is 10.1. The van der Waals surface area contributed by atoms with Gasteiger partial charge in [-0.25, -0.2) is 4.98 Å². The van der Waals surface area contributed by atoms with Crippen LogP contribution in [0, 0.1) is 0 Å². The first-order valence-electron chi connectivity index (χ1n) is 7.80. The lowest BCUT2D eigenvalue weighted by Crippen LogP contribution is -2.50. The van der Waals surface area contributed by atoms with Gasteiger partial charge in [0, 0.05) is 43.4 Å². The van der Waals surface area contributed by atoms with Crippen molar-refractivity contribution in [3.63, 3.8) is 0 Å². The van der Waals surface area contributed by atoms with E-state index in [2.05, 4.69) is 25.9 Å². The molecule has 0 N–H and O–H groups in total. The summed E-state index contributed by atoms with van der Waals surface area (Å²) in [6.07, 6.45) is 4.85. The third kappa shape index (κ3) is 2.36. The zero-order chi connectivity index (χ0) is 15.1. The largest absolute Gasteiger partial charge is 0.337 e. The molecule has 0 saturated carbocycles. The Labute approximate surface area is 134 Å². The van der Waals surface area contributed by atoms with Gasteiger partial charge in [-0.3, -0.25) is 9.69 Å². The lowest BCUT2D eigenvalue weighted by molar-refractivity contribution is -0.138. The van der Waals surface area contributed by atoms with Crippen molar-refractivity contribution < 1.29 is 4.79 Å². The minimum Gasteiger partial charge on any atom is -0.337 e. The maximum absolute atomic E-state index is 12.8. The van der Waals surface area contributed by atoms with Crippen LogP contribution in [-0.2, 0) is 30.8 Å². The van der Waals surface area contributed by atoms with E-state index in [0.717, 1.165) is 45.0 Å². The van der Waals surface area contributed by atoms with Gasteiger partial charge in [0.2, 0.25) is 5.91 Å². The maximum Gasteiger partial charge on any atom is 0.239 e. The highest BCUT2D eigenvalue weighted by Crippen LogP contribution is 2.25. The van der Waals surface area contributed by atoms with Gasteiger partial charge in [-0.05, 0) is 30.4 Å². The molecule has 2 aliphatic heterocycles. The van der Waals surface area contributed by atoms with Gasteiger partial charge in [0.25, 0.3) is 0 Å². The molecule has 0 fully saturated rings. The standard InChI is InChI=1S/C16H20N4OS/c1-12(19-8-7-18-6-4-17-15(18)11-19)16(21)20-5-2-14-13(10-20)3-9-22-14/h3-4,6,9,12H,2,5,7-8,10-11H2,1H3/t12-/m1/s1. The van der Waals surface area contributed by atoms with Crippen molar-refractivity contribution in [3.8, 4) is 0 Å². The molecular formula is C16H20N4OS. The fourth-order valence-electron chi connectivity index (χ4n) is 3.38. The molecule has 0 bridgehead atoms. The molecule has 6 heteroatoms. The first kappa shape index (κ1) is 14.0. The molecule has 4 heterocycles. The molecule has 4 rings (SSSR count). The van der Waals surface area contributed by atoms with Gasteiger partial charge < -0.3 is 9.47 Å². The first-order valence-corrected chi connectivity index (χ1v) is 8.68. The predicted octanol–water partition coefficient (Wildman–Crippen LogP) is 1.73. The van der Waals surface area contributed by atoms with Gasteiger partial charge in [0.15, 0.2) is 0 Å². The Balaban J connectivity index is 1.45. The van der Waals surface area contributed by atoms with E-state index < -0.39 is 0 Å². The summed E-state index contributed by atoms with van der Waals surface area (Å²) in [7, 11) is 0. The first-order chi connectivity index (χ1) is 10.7. The monoisotopic (exact) mass is 316 g/mol. The quantitative estimate of drug-likeness (QED) is 0.847. The number of aromatic nitrogens is 2. The molecule has 2 aromatic rings. The number of amides is 1. The van der Waals surface area contributed by atoms with Gasteiger partial charge >= 0.3 is 0 Å². The van der Waals surface area contributed by atoms with Crippen LogP contribution < -0.4 is 0 Å². The molecule has 0 radical (unpaired) electrons. The Kier molecular flexibility index (Phi) is 3.50. The Hall–Kier alpha value is -1.66. The second-order valence-electron chi connectivity index (χ2n) is 6.06. The van der Waals surface area contributed by atoms with Crippen molar-refractivity contribution >= 4 is 17.2 Å². The third-order valence-corrected chi connectivity index (χ3v) is 5.82. The molecule has 0 unspecified atom stereocenters. The molecule has 22 heavy (non-hydrogen) atoms. The predicted molar refractivity (Wildman–Crippen MR) is 85.5 cm³/mol. The van der Waals surface area contributed by atoms with Gasteiger partial charge in [0.05, 0.1) is 12.6 Å². The highest BCUT2D eigenvalue weighted by molar-refractivity contribution is 7.10. The topological polar surface area (TPSA) is 41.4 Å². The number of hydrogen-bond donors (Lipinski definition) is 0. The molecular weight excluding hydrogens is 296 g/mol. The smallest absolute Gasteiger partial charge is 0.239 e. The summed E-state index contributed by atoms with van der Waals surface area (Å²) in [6.45, 7) is 6.24. The summed E-state index contributed by atoms with van der Waals surface area (Å²) in [5, 5.41) is 2.13. The molecule has 2 aromatic heterocycles. The van der Waals surface area contributed by atoms with Crippen molar-refractivity contribution in [2.24, 2.45) is 0 Å². The van der Waals surface area contributed by atoms with E-state index in [1.807, 2.05) is 35.6 Å². The molecule has 5 nitrogen and oxygen atoms in total. The Bertz CT molecular complexity index is 692. The molecule has 1 atom stereocenters. The van der Waals surface area contributed by atoms with Crippen LogP contribution in [0.15, 0.2) is 23.8 Å². The second kappa shape index (κ2) is 5.52. The van der Waals surface area contributed by atoms with Gasteiger partial charge in [-0.15, -0.1) is 11.3 Å². The highest BCUT2D eigenvalue weighted by Gasteiger charge is 2.30. The number of fused-ring (bicyclic) bond motifs is 2. The molecule has 1 amide bonds. The third-order valence-electron chi connectivity index (χ3n) is 4.80. The number of carbonyl (C=O) groups excluding carboxylic acids is 1. The van der Waals surface area contributed by atoms with E-state index in [0.29, 0.717) is 0 Å². The van der Waals surface area contributed by atoms with Crippen molar-refractivity contribution in [1.82, 2.24) is 19.4 Å². The maximum atomic E-state index is 12.8. The van der Waals surface area contributed by atoms with E-state index in [1.54, 1.807) is 0 Å². The lowest BCUT2D eigenvalue weighted by Gasteiger charge is -2.36. The number of hydrogen-bond acceptors (Lipinski definition) is 4. The molecule has 0 aliphatic carbocycles. The van der Waals surface area contributed by atoms with E-state index in [1.165, 1.54) is 10.4 Å². The Morgan fingerprint density at radius 3 is 3.14 bits per heavy atom. The fraction of sp³-hybridized carbons (Fsp3) is 0.500. The highest BCUT2D eigenvalue weighted by atomic mass is 32.1. The average molecular weight is 316 g/mol. The van der Waals surface area contributed by atoms with Crippen LogP contribution in [0.5, 0.6) is 0 Å². The van der Waals surface area contributed by atoms with Crippen LogP contribution in [0.3, 0.4) is 0 Å². The molecule has 0 aromatic carbocycles. The van der Waals surface area contributed by atoms with Gasteiger partial charge in [0.1, 0.15) is 5.82 Å². The van der Waals surface area contributed by atoms with E-state index >= 15 is 0 Å². The van der Waals surface area contributed by atoms with E-state index in [4.69, 9.17) is 0 Å². The molecule has 2 aliphatic rings. The summed E-state index contributed by atoms with van der Waals surface area (Å²) < 4.78 is 2.17. The van der Waals surface area contributed by atoms with Crippen LogP contribution in [0.4, 0.5) is 0 Å². The fourth-order valence-corrected chi connectivity index (χ4v) is 4.27. The molecule has 116 valence electrons. The number of imidazole rings is 1. The normalized spacial score (nSPS) is 19.6. The van der Waals surface area contributed by atoms with Crippen molar-refractivity contribution in [3.05, 3.63) is 40.1 Å². The number of thiophene rings is 1. The van der Waals surface area contributed by atoms with Crippen LogP contribution in [-0.4, -0.2) is 44.4 Å². The summed E-state index contributed by atoms with van der Waals surface area (Å²) in [5.74, 6) is 1.31. The van der Waals surface area contributed by atoms with Crippen molar-refractivity contribution in [1.29, 1.82) is 0 Å². The minimum absolute atomic E-state index is 0.0781. The van der Waals surface area contributed by atoms with Crippen molar-refractivity contribution in [2.45, 2.75) is 39.0 Å². The second-order valence-corrected chi connectivity index (χ2v) is 7.06. The molecule has 0 saturated heterocycles. The van der Waals surface area contributed by atoms with Crippen LogP contribution >= 0.6 is 11.3 Å². The average Bonchev–Trinajstić information content (AvgIpc) is 3.20. The van der Waals surface area contributed by atoms with Crippen LogP contribution in [0.25, 0.3) is 0 Å². The van der Waals surface area contributed by atoms with Crippen LogP contribution in [0.1, 0.15) is 23.2 Å². The summed E-state index contributed by atoms with van der Waals surface area (Å²) >= 11 is 1.81. The summed E-state index contributed by atoms with van der Waals surface area (Å²) in [6, 6.07) is 2.08. The number of nitrogens with zero attached hydrogens (tertiary/aromatic N) is 4. The Morgan fingerprint density at radius 1 is 1.32 bits per heavy atom. The summed E-state index contributed by atoms with van der Waals surface area (Å²) in [5.41, 5.74) is 1.32. The number of carbonyl (C=O) groups is 1. The van der Waals surface area contributed by atoms with Gasteiger partial charge in [-0.1, -0.05) is 0 Å². The molecule has 0 spiro atoms. The van der Waals surface area contributed by atoms with Gasteiger partial charge in [-0.2, -0.15) is 0 Å². The SMILES string of the molecule is C[C@H](C(=O)N1CCc2sccc2C1)N1CCn2ccnc2C1. The Morgan fingerprint density at radius 2 is 2.23 bits per heavy atom. The number of rotatable bonds is 2. The van der Waals surface area contributed by atoms with E-state index in [9.17, 15) is 4.79 Å². The summed E-state index contributed by atoms with van der Waals surface area (Å²) in [4.78, 5) is 22.9.